The van der Waals surface area contributed by atoms with Crippen LogP contribution in [0.3, 0.4) is 0 Å². The Hall–Kier alpha value is -2.10. The second kappa shape index (κ2) is 4.18. The molecule has 16 heavy (non-hydrogen) atoms. The number of fused-ring (bicyclic) bond motifs is 1. The Morgan fingerprint density at radius 1 is 1.62 bits per heavy atom. The maximum Gasteiger partial charge on any atom is 0.340 e. The molecule has 1 aromatic heterocycles. The minimum Gasteiger partial charge on any atom is -0.455 e. The van der Waals surface area contributed by atoms with Gasteiger partial charge in [-0.25, -0.2) is 4.79 Å². The van der Waals surface area contributed by atoms with Crippen molar-refractivity contribution in [3.63, 3.8) is 0 Å². The summed E-state index contributed by atoms with van der Waals surface area (Å²) in [4.78, 5) is 11.8. The van der Waals surface area contributed by atoms with Crippen LogP contribution in [0.5, 0.6) is 0 Å². The molecule has 4 nitrogen and oxygen atoms in total. The fourth-order valence-electron chi connectivity index (χ4n) is 1.42. The maximum atomic E-state index is 11.8. The Bertz CT molecular complexity index is 531. The van der Waals surface area contributed by atoms with Crippen molar-refractivity contribution in [1.29, 1.82) is 0 Å². The fourth-order valence-corrected chi connectivity index (χ4v) is 1.42. The number of benzene rings is 1. The second-order valence-corrected chi connectivity index (χ2v) is 3.49. The molecule has 0 aliphatic heterocycles. The van der Waals surface area contributed by atoms with Crippen LogP contribution in [-0.2, 0) is 4.74 Å². The molecule has 0 amide bonds. The number of aromatic amines is 1. The van der Waals surface area contributed by atoms with Gasteiger partial charge in [-0.1, -0.05) is 24.8 Å². The van der Waals surface area contributed by atoms with Crippen LogP contribution in [0.1, 0.15) is 17.3 Å². The fraction of sp³-hybridized carbons (Fsp3) is 0.167. The molecule has 0 unspecified atom stereocenters. The molecule has 0 saturated carbocycles. The summed E-state index contributed by atoms with van der Waals surface area (Å²) >= 11 is 0. The van der Waals surface area contributed by atoms with Crippen LogP contribution in [0.4, 0.5) is 0 Å². The van der Waals surface area contributed by atoms with Gasteiger partial charge >= 0.3 is 5.97 Å². The Morgan fingerprint density at radius 2 is 2.44 bits per heavy atom. The molecule has 82 valence electrons. The normalized spacial score (nSPS) is 12.3. The molecule has 0 fully saturated rings. The van der Waals surface area contributed by atoms with Gasteiger partial charge in [-0.3, -0.25) is 5.10 Å². The molecule has 2 aromatic rings. The molecule has 0 radical (unpaired) electrons. The first-order valence-corrected chi connectivity index (χ1v) is 4.98. The number of rotatable bonds is 3. The first-order chi connectivity index (χ1) is 7.72. The number of nitrogens with one attached hydrogen (secondary N) is 1. The molecule has 0 aliphatic rings. The number of nitrogens with zero attached hydrogens (tertiary/aromatic N) is 1. The molecule has 0 saturated heterocycles. The number of hydrogen-bond donors (Lipinski definition) is 1. The van der Waals surface area contributed by atoms with Gasteiger partial charge < -0.3 is 4.74 Å². The molecule has 2 rings (SSSR count). The van der Waals surface area contributed by atoms with E-state index in [1.165, 1.54) is 0 Å². The standard InChI is InChI=1S/C12H12N2O2/c1-3-8(2)16-12(15)10-6-4-5-9-7-13-14-11(9)10/h3-8H,1H2,2H3,(H,13,14)/t8-/m1/s1. The molecular weight excluding hydrogens is 204 g/mol. The van der Waals surface area contributed by atoms with Crippen LogP contribution in [0.2, 0.25) is 0 Å². The molecule has 1 aromatic carbocycles. The summed E-state index contributed by atoms with van der Waals surface area (Å²) < 4.78 is 5.16. The van der Waals surface area contributed by atoms with Crippen molar-refractivity contribution in [3.8, 4) is 0 Å². The highest BCUT2D eigenvalue weighted by atomic mass is 16.5. The lowest BCUT2D eigenvalue weighted by Gasteiger charge is -2.08. The highest BCUT2D eigenvalue weighted by Gasteiger charge is 2.14. The maximum absolute atomic E-state index is 11.8. The van der Waals surface area contributed by atoms with Crippen molar-refractivity contribution in [2.45, 2.75) is 13.0 Å². The highest BCUT2D eigenvalue weighted by molar-refractivity contribution is 6.02. The zero-order chi connectivity index (χ0) is 11.5. The number of H-pyrrole nitrogens is 1. The van der Waals surface area contributed by atoms with E-state index in [1.807, 2.05) is 6.07 Å². The first kappa shape index (κ1) is 10.4. The van der Waals surface area contributed by atoms with Crippen LogP contribution >= 0.6 is 0 Å². The van der Waals surface area contributed by atoms with Crippen LogP contribution in [0, 0.1) is 0 Å². The first-order valence-electron chi connectivity index (χ1n) is 4.98. The largest absolute Gasteiger partial charge is 0.455 e. The number of carbonyl (C=O) groups is 1. The number of para-hydroxylation sites is 1. The van der Waals surface area contributed by atoms with Gasteiger partial charge in [0.15, 0.2) is 0 Å². The number of carbonyl (C=O) groups excluding carboxylic acids is 1. The van der Waals surface area contributed by atoms with E-state index in [1.54, 1.807) is 31.3 Å². The summed E-state index contributed by atoms with van der Waals surface area (Å²) in [5, 5.41) is 7.56. The van der Waals surface area contributed by atoms with Gasteiger partial charge in [-0.05, 0) is 13.0 Å². The third-order valence-corrected chi connectivity index (χ3v) is 2.32. The molecule has 1 atom stereocenters. The summed E-state index contributed by atoms with van der Waals surface area (Å²) in [7, 11) is 0. The van der Waals surface area contributed by atoms with Gasteiger partial charge in [-0.15, -0.1) is 0 Å². The van der Waals surface area contributed by atoms with Crippen molar-refractivity contribution in [2.75, 3.05) is 0 Å². The lowest BCUT2D eigenvalue weighted by atomic mass is 10.1. The van der Waals surface area contributed by atoms with E-state index in [0.29, 0.717) is 11.1 Å². The van der Waals surface area contributed by atoms with Crippen molar-refractivity contribution < 1.29 is 9.53 Å². The van der Waals surface area contributed by atoms with Crippen LogP contribution in [0.15, 0.2) is 37.1 Å². The van der Waals surface area contributed by atoms with Gasteiger partial charge in [0.2, 0.25) is 0 Å². The average molecular weight is 216 g/mol. The molecular formula is C12H12N2O2. The second-order valence-electron chi connectivity index (χ2n) is 3.49. The molecule has 0 aliphatic carbocycles. The van der Waals surface area contributed by atoms with Crippen LogP contribution in [0.25, 0.3) is 10.9 Å². The Kier molecular flexibility index (Phi) is 2.72. The summed E-state index contributed by atoms with van der Waals surface area (Å²) in [6, 6.07) is 5.39. The van der Waals surface area contributed by atoms with Gasteiger partial charge in [0.05, 0.1) is 17.3 Å². The number of esters is 1. The highest BCUT2D eigenvalue weighted by Crippen LogP contribution is 2.17. The van der Waals surface area contributed by atoms with E-state index in [-0.39, 0.29) is 12.1 Å². The van der Waals surface area contributed by atoms with Gasteiger partial charge in [0.25, 0.3) is 0 Å². The third kappa shape index (κ3) is 1.82. The quantitative estimate of drug-likeness (QED) is 0.632. The smallest absolute Gasteiger partial charge is 0.340 e. The average Bonchev–Trinajstić information content (AvgIpc) is 2.76. The predicted octanol–water partition coefficient (Wildman–Crippen LogP) is 2.29. The molecule has 1 heterocycles. The van der Waals surface area contributed by atoms with Crippen molar-refractivity contribution in [2.24, 2.45) is 0 Å². The third-order valence-electron chi connectivity index (χ3n) is 2.32. The van der Waals surface area contributed by atoms with E-state index in [9.17, 15) is 4.79 Å². The summed E-state index contributed by atoms with van der Waals surface area (Å²) in [5.41, 5.74) is 1.19. The van der Waals surface area contributed by atoms with Gasteiger partial charge in [0, 0.05) is 5.39 Å². The number of ether oxygens (including phenoxy) is 1. The minimum atomic E-state index is -0.373. The van der Waals surface area contributed by atoms with Crippen molar-refractivity contribution >= 4 is 16.9 Å². The van der Waals surface area contributed by atoms with E-state index in [4.69, 9.17) is 4.74 Å². The molecule has 0 bridgehead atoms. The number of aromatic nitrogens is 2. The summed E-state index contributed by atoms with van der Waals surface area (Å²) in [6.07, 6.45) is 2.94. The molecule has 4 heteroatoms. The van der Waals surface area contributed by atoms with E-state index < -0.39 is 0 Å². The lowest BCUT2D eigenvalue weighted by Crippen LogP contribution is -2.12. The predicted molar refractivity (Wildman–Crippen MR) is 61.2 cm³/mol. The van der Waals surface area contributed by atoms with E-state index in [2.05, 4.69) is 16.8 Å². The minimum absolute atomic E-state index is 0.300. The topological polar surface area (TPSA) is 55.0 Å². The summed E-state index contributed by atoms with van der Waals surface area (Å²) in [6.45, 7) is 5.32. The zero-order valence-electron chi connectivity index (χ0n) is 8.93. The Balaban J connectivity index is 2.35. The van der Waals surface area contributed by atoms with Crippen molar-refractivity contribution in [1.82, 2.24) is 10.2 Å². The van der Waals surface area contributed by atoms with Crippen LogP contribution < -0.4 is 0 Å². The zero-order valence-corrected chi connectivity index (χ0v) is 8.93. The number of hydrogen-bond acceptors (Lipinski definition) is 3. The SMILES string of the molecule is C=C[C@@H](C)OC(=O)c1cccc2cn[nH]c12. The Morgan fingerprint density at radius 3 is 3.19 bits per heavy atom. The van der Waals surface area contributed by atoms with Crippen molar-refractivity contribution in [3.05, 3.63) is 42.6 Å². The molecule has 0 spiro atoms. The molecule has 1 N–H and O–H groups in total. The van der Waals surface area contributed by atoms with Crippen LogP contribution in [-0.4, -0.2) is 22.3 Å². The Labute approximate surface area is 92.9 Å². The monoisotopic (exact) mass is 216 g/mol. The van der Waals surface area contributed by atoms with E-state index >= 15 is 0 Å². The van der Waals surface area contributed by atoms with E-state index in [0.717, 1.165) is 5.39 Å². The lowest BCUT2D eigenvalue weighted by molar-refractivity contribution is 0.0427. The van der Waals surface area contributed by atoms with Gasteiger partial charge in [-0.2, -0.15) is 5.10 Å². The van der Waals surface area contributed by atoms with Gasteiger partial charge in [0.1, 0.15) is 6.10 Å². The summed E-state index contributed by atoms with van der Waals surface area (Å²) in [5.74, 6) is -0.373.